The van der Waals surface area contributed by atoms with E-state index < -0.39 is 5.82 Å². The molecule has 2 atom stereocenters. The molecule has 0 spiro atoms. The van der Waals surface area contributed by atoms with E-state index in [0.717, 1.165) is 25.9 Å². The fourth-order valence-electron chi connectivity index (χ4n) is 4.04. The largest absolute Gasteiger partial charge is 0.350 e. The molecule has 2 amide bonds. The summed E-state index contributed by atoms with van der Waals surface area (Å²) in [6.07, 6.45) is 2.05. The third-order valence-corrected chi connectivity index (χ3v) is 5.33. The van der Waals surface area contributed by atoms with Crippen molar-refractivity contribution in [3.05, 3.63) is 29.0 Å². The Hall–Kier alpha value is -1.70. The molecule has 3 fully saturated rings. The van der Waals surface area contributed by atoms with Gasteiger partial charge >= 0.3 is 0 Å². The number of rotatable bonds is 5. The van der Waals surface area contributed by atoms with Gasteiger partial charge in [-0.15, -0.1) is 0 Å². The fraction of sp³-hybridized carbons (Fsp3) is 0.600. The number of halogens is 2. The van der Waals surface area contributed by atoms with Gasteiger partial charge in [0.2, 0.25) is 11.8 Å². The molecular weight excluding hydrogens is 383 g/mol. The number of hydrogen-bond acceptors (Lipinski definition) is 4. The number of carbonyl (C=O) groups is 2. The van der Waals surface area contributed by atoms with Crippen LogP contribution in [0.1, 0.15) is 33.6 Å². The molecule has 6 nitrogen and oxygen atoms in total. The Morgan fingerprint density at radius 1 is 1.07 bits per heavy atom. The van der Waals surface area contributed by atoms with Crippen LogP contribution in [0.15, 0.2) is 18.2 Å². The SMILES string of the molecule is CC(C)(C)NC(=O)CN1C[C@H]2CC[C@@H]1CN2CC(=O)Nc1cc(F)cc(Cl)c1. The zero-order valence-electron chi connectivity index (χ0n) is 16.6. The first kappa shape index (κ1) is 21.0. The van der Waals surface area contributed by atoms with Crippen molar-refractivity contribution in [1.82, 2.24) is 15.1 Å². The van der Waals surface area contributed by atoms with Gasteiger partial charge in [-0.2, -0.15) is 0 Å². The van der Waals surface area contributed by atoms with Crippen molar-refractivity contribution in [2.75, 3.05) is 31.5 Å². The van der Waals surface area contributed by atoms with Crippen LogP contribution in [0.2, 0.25) is 5.02 Å². The van der Waals surface area contributed by atoms with Crippen LogP contribution < -0.4 is 10.6 Å². The first-order valence-corrected chi connectivity index (χ1v) is 10.0. The van der Waals surface area contributed by atoms with E-state index in [1.807, 2.05) is 20.8 Å². The van der Waals surface area contributed by atoms with Gasteiger partial charge in [-0.25, -0.2) is 4.39 Å². The third-order valence-electron chi connectivity index (χ3n) is 5.11. The van der Waals surface area contributed by atoms with Crippen molar-refractivity contribution < 1.29 is 14.0 Å². The van der Waals surface area contributed by atoms with Gasteiger partial charge in [0.05, 0.1) is 13.1 Å². The van der Waals surface area contributed by atoms with E-state index >= 15 is 0 Å². The Balaban J connectivity index is 1.53. The summed E-state index contributed by atoms with van der Waals surface area (Å²) >= 11 is 5.83. The standard InChI is InChI=1S/C20H28ClFN4O2/c1-20(2,3)24-19(28)12-26-10-16-4-5-17(26)9-25(16)11-18(27)23-15-7-13(21)6-14(22)8-15/h6-8,16-17H,4-5,9-12H2,1-3H3,(H,23,27)(H,24,28)/t16-,17-/m1/s1. The van der Waals surface area contributed by atoms with Gasteiger partial charge in [-0.05, 0) is 51.8 Å². The number of fused-ring (bicyclic) bond motifs is 3. The molecule has 0 aliphatic carbocycles. The van der Waals surface area contributed by atoms with E-state index in [1.54, 1.807) is 0 Å². The summed E-state index contributed by atoms with van der Waals surface area (Å²) in [5.41, 5.74) is 0.119. The molecule has 0 aromatic heterocycles. The van der Waals surface area contributed by atoms with Crippen LogP contribution in [-0.4, -0.2) is 65.4 Å². The maximum Gasteiger partial charge on any atom is 0.238 e. The smallest absolute Gasteiger partial charge is 0.238 e. The minimum Gasteiger partial charge on any atom is -0.350 e. The van der Waals surface area contributed by atoms with Crippen LogP contribution in [0.4, 0.5) is 10.1 Å². The lowest BCUT2D eigenvalue weighted by Crippen LogP contribution is -2.65. The monoisotopic (exact) mass is 410 g/mol. The van der Waals surface area contributed by atoms with Crippen LogP contribution in [-0.2, 0) is 9.59 Å². The Kier molecular flexibility index (Phi) is 6.27. The normalized spacial score (nSPS) is 22.9. The molecule has 2 bridgehead atoms. The van der Waals surface area contributed by atoms with Gasteiger partial charge in [0.15, 0.2) is 0 Å². The number of anilines is 1. The highest BCUT2D eigenvalue weighted by Gasteiger charge is 2.40. The maximum atomic E-state index is 13.4. The molecule has 2 N–H and O–H groups in total. The van der Waals surface area contributed by atoms with Crippen molar-refractivity contribution in [1.29, 1.82) is 0 Å². The molecule has 154 valence electrons. The number of piperazine rings is 1. The van der Waals surface area contributed by atoms with Gasteiger partial charge in [0.25, 0.3) is 0 Å². The number of hydrogen-bond donors (Lipinski definition) is 2. The predicted molar refractivity (Wildman–Crippen MR) is 108 cm³/mol. The molecule has 3 aliphatic rings. The maximum absolute atomic E-state index is 13.4. The molecule has 4 rings (SSSR count). The first-order chi connectivity index (χ1) is 13.1. The summed E-state index contributed by atoms with van der Waals surface area (Å²) in [5, 5.41) is 5.97. The molecular formula is C20H28ClFN4O2. The fourth-order valence-corrected chi connectivity index (χ4v) is 4.27. The molecule has 8 heteroatoms. The second-order valence-electron chi connectivity index (χ2n) is 8.75. The second kappa shape index (κ2) is 8.35. The zero-order chi connectivity index (χ0) is 20.5. The van der Waals surface area contributed by atoms with Crippen LogP contribution in [0.25, 0.3) is 0 Å². The van der Waals surface area contributed by atoms with Crippen molar-refractivity contribution in [2.24, 2.45) is 0 Å². The summed E-state index contributed by atoms with van der Waals surface area (Å²) in [4.78, 5) is 29.0. The summed E-state index contributed by atoms with van der Waals surface area (Å²) < 4.78 is 13.4. The number of benzene rings is 1. The van der Waals surface area contributed by atoms with E-state index in [4.69, 9.17) is 11.6 Å². The Bertz CT molecular complexity index is 732. The average Bonchev–Trinajstić information content (AvgIpc) is 2.53. The van der Waals surface area contributed by atoms with Gasteiger partial charge in [-0.1, -0.05) is 11.6 Å². The number of amides is 2. The van der Waals surface area contributed by atoms with Crippen LogP contribution >= 0.6 is 11.6 Å². The van der Waals surface area contributed by atoms with E-state index in [1.165, 1.54) is 18.2 Å². The van der Waals surface area contributed by atoms with E-state index in [0.29, 0.717) is 12.2 Å². The highest BCUT2D eigenvalue weighted by molar-refractivity contribution is 6.30. The molecule has 0 unspecified atom stereocenters. The van der Waals surface area contributed by atoms with Crippen molar-refractivity contribution >= 4 is 29.1 Å². The predicted octanol–water partition coefficient (Wildman–Crippen LogP) is 2.48. The Morgan fingerprint density at radius 3 is 2.14 bits per heavy atom. The number of nitrogens with zero attached hydrogens (tertiary/aromatic N) is 2. The summed E-state index contributed by atoms with van der Waals surface area (Å²) in [6, 6.07) is 4.49. The number of carbonyl (C=O) groups excluding carboxylic acids is 2. The van der Waals surface area contributed by atoms with Crippen molar-refractivity contribution in [2.45, 2.75) is 51.2 Å². The van der Waals surface area contributed by atoms with E-state index in [2.05, 4.69) is 20.4 Å². The third kappa shape index (κ3) is 5.65. The lowest BCUT2D eigenvalue weighted by atomic mass is 9.90. The highest BCUT2D eigenvalue weighted by atomic mass is 35.5. The summed E-state index contributed by atoms with van der Waals surface area (Å²) in [7, 11) is 0. The molecule has 3 aliphatic heterocycles. The Labute approximate surface area is 170 Å². The van der Waals surface area contributed by atoms with Gasteiger partial charge < -0.3 is 10.6 Å². The first-order valence-electron chi connectivity index (χ1n) is 9.64. The highest BCUT2D eigenvalue weighted by Crippen LogP contribution is 2.28. The van der Waals surface area contributed by atoms with E-state index in [-0.39, 0.29) is 41.0 Å². The summed E-state index contributed by atoms with van der Waals surface area (Å²) in [5.74, 6) is -0.637. The molecule has 0 radical (unpaired) electrons. The minimum atomic E-state index is -0.482. The van der Waals surface area contributed by atoms with Crippen LogP contribution in [0.3, 0.4) is 0 Å². The second-order valence-corrected chi connectivity index (χ2v) is 9.18. The molecule has 1 aromatic rings. The minimum absolute atomic E-state index is 0.0346. The lowest BCUT2D eigenvalue weighted by molar-refractivity contribution is -0.128. The number of piperidine rings is 2. The zero-order valence-corrected chi connectivity index (χ0v) is 17.4. The van der Waals surface area contributed by atoms with Crippen LogP contribution in [0.5, 0.6) is 0 Å². The number of nitrogens with one attached hydrogen (secondary N) is 2. The van der Waals surface area contributed by atoms with Crippen molar-refractivity contribution in [3.63, 3.8) is 0 Å². The van der Waals surface area contributed by atoms with Gasteiger partial charge in [0, 0.05) is 41.4 Å². The lowest BCUT2D eigenvalue weighted by Gasteiger charge is -2.51. The molecule has 0 saturated carbocycles. The Morgan fingerprint density at radius 2 is 1.64 bits per heavy atom. The van der Waals surface area contributed by atoms with Gasteiger partial charge in [0.1, 0.15) is 5.82 Å². The average molecular weight is 411 g/mol. The molecule has 1 aromatic carbocycles. The molecule has 28 heavy (non-hydrogen) atoms. The topological polar surface area (TPSA) is 64.7 Å². The van der Waals surface area contributed by atoms with Crippen LogP contribution in [0, 0.1) is 5.82 Å². The molecule has 3 saturated heterocycles. The van der Waals surface area contributed by atoms with E-state index in [9.17, 15) is 14.0 Å². The quantitative estimate of drug-likeness (QED) is 0.782. The van der Waals surface area contributed by atoms with Gasteiger partial charge in [-0.3, -0.25) is 19.4 Å². The summed E-state index contributed by atoms with van der Waals surface area (Å²) in [6.45, 7) is 8.09. The molecule has 3 heterocycles. The van der Waals surface area contributed by atoms with Crippen molar-refractivity contribution in [3.8, 4) is 0 Å².